The van der Waals surface area contributed by atoms with E-state index in [0.29, 0.717) is 5.69 Å². The minimum Gasteiger partial charge on any atom is -0.288 e. The Balaban J connectivity index is 2.16. The van der Waals surface area contributed by atoms with Crippen molar-refractivity contribution in [1.29, 1.82) is 0 Å². The van der Waals surface area contributed by atoms with Gasteiger partial charge in [-0.1, -0.05) is 65.8 Å². The van der Waals surface area contributed by atoms with Crippen LogP contribution in [0, 0.1) is 0 Å². The molecule has 25 heavy (non-hydrogen) atoms. The van der Waals surface area contributed by atoms with Crippen LogP contribution in [-0.4, -0.2) is 20.9 Å². The average molecular weight is 341 g/mol. The third-order valence-electron chi connectivity index (χ3n) is 3.91. The zero-order valence-electron chi connectivity index (χ0n) is 16.1. The Labute approximate surface area is 148 Å². The molecule has 0 bridgehead atoms. The van der Waals surface area contributed by atoms with Crippen molar-refractivity contribution < 1.29 is 0 Å². The summed E-state index contributed by atoms with van der Waals surface area (Å²) in [6.45, 7) is 14.2. The van der Waals surface area contributed by atoms with Crippen molar-refractivity contribution in [2.75, 3.05) is 5.43 Å². The number of aromatic amines is 1. The van der Waals surface area contributed by atoms with E-state index in [0.717, 1.165) is 11.3 Å². The normalized spacial score (nSPS) is 13.0. The Morgan fingerprint density at radius 3 is 2.08 bits per heavy atom. The first kappa shape index (κ1) is 18.8. The maximum absolute atomic E-state index is 12.1. The molecule has 0 fully saturated rings. The maximum atomic E-state index is 12.1. The Kier molecular flexibility index (Phi) is 5.11. The summed E-state index contributed by atoms with van der Waals surface area (Å²) >= 11 is 0. The second kappa shape index (κ2) is 6.78. The lowest BCUT2D eigenvalue weighted by Gasteiger charge is -2.19. The zero-order valence-corrected chi connectivity index (χ0v) is 16.1. The third-order valence-corrected chi connectivity index (χ3v) is 3.91. The van der Waals surface area contributed by atoms with Gasteiger partial charge in [0.2, 0.25) is 5.95 Å². The number of rotatable bonds is 3. The molecule has 6 nitrogen and oxygen atoms in total. The highest BCUT2D eigenvalue weighted by Crippen LogP contribution is 2.22. The molecule has 0 atom stereocenters. The van der Waals surface area contributed by atoms with Crippen LogP contribution in [0.4, 0.5) is 5.95 Å². The largest absolute Gasteiger partial charge is 0.288 e. The predicted octanol–water partition coefficient (Wildman–Crippen LogP) is 3.60. The molecule has 0 saturated heterocycles. The van der Waals surface area contributed by atoms with E-state index in [1.807, 2.05) is 39.8 Å². The number of anilines is 1. The Bertz CT molecular complexity index is 821. The van der Waals surface area contributed by atoms with Gasteiger partial charge in [-0.2, -0.15) is 5.10 Å². The molecule has 0 aliphatic rings. The van der Waals surface area contributed by atoms with Gasteiger partial charge in [-0.05, 0) is 23.5 Å². The fourth-order valence-electron chi connectivity index (χ4n) is 2.29. The number of hydrogen-bond donors (Lipinski definition) is 2. The number of aromatic nitrogens is 3. The Morgan fingerprint density at radius 1 is 1.00 bits per heavy atom. The second-order valence-corrected chi connectivity index (χ2v) is 8.24. The van der Waals surface area contributed by atoms with E-state index in [1.165, 1.54) is 5.56 Å². The molecule has 0 unspecified atom stereocenters. The predicted molar refractivity (Wildman–Crippen MR) is 102 cm³/mol. The maximum Gasteiger partial charge on any atom is 0.274 e. The van der Waals surface area contributed by atoms with Crippen molar-refractivity contribution in [3.63, 3.8) is 0 Å². The van der Waals surface area contributed by atoms with Crippen molar-refractivity contribution in [3.8, 4) is 0 Å². The summed E-state index contributed by atoms with van der Waals surface area (Å²) < 4.78 is 0. The summed E-state index contributed by atoms with van der Waals surface area (Å²) in [7, 11) is 0. The molecule has 2 aromatic rings. The molecule has 2 N–H and O–H groups in total. The minimum absolute atomic E-state index is 0.117. The molecular formula is C19H27N5O. The quantitative estimate of drug-likeness (QED) is 0.660. The van der Waals surface area contributed by atoms with Gasteiger partial charge in [0.15, 0.2) is 0 Å². The van der Waals surface area contributed by atoms with Crippen molar-refractivity contribution in [2.24, 2.45) is 5.10 Å². The SMILES string of the molecule is C/C(=N/Nc1nnc(C(C)(C)C)c(=O)[nH]1)c1ccc(C(C)(C)C)cc1. The lowest BCUT2D eigenvalue weighted by molar-refractivity contribution is 0.547. The fourth-order valence-corrected chi connectivity index (χ4v) is 2.29. The molecule has 1 heterocycles. The van der Waals surface area contributed by atoms with Gasteiger partial charge >= 0.3 is 0 Å². The monoisotopic (exact) mass is 341 g/mol. The van der Waals surface area contributed by atoms with Gasteiger partial charge in [0.05, 0.1) is 5.71 Å². The highest BCUT2D eigenvalue weighted by atomic mass is 16.1. The number of hydrazone groups is 1. The van der Waals surface area contributed by atoms with Gasteiger partial charge in [0.25, 0.3) is 5.56 Å². The summed E-state index contributed by atoms with van der Waals surface area (Å²) in [5.74, 6) is 0.226. The van der Waals surface area contributed by atoms with Gasteiger partial charge in [-0.3, -0.25) is 9.78 Å². The highest BCUT2D eigenvalue weighted by Gasteiger charge is 2.20. The lowest BCUT2D eigenvalue weighted by Crippen LogP contribution is -2.28. The van der Waals surface area contributed by atoms with Crippen LogP contribution in [0.5, 0.6) is 0 Å². The van der Waals surface area contributed by atoms with Crippen LogP contribution < -0.4 is 11.0 Å². The van der Waals surface area contributed by atoms with E-state index in [-0.39, 0.29) is 22.3 Å². The van der Waals surface area contributed by atoms with E-state index in [9.17, 15) is 4.79 Å². The number of nitrogens with one attached hydrogen (secondary N) is 2. The third kappa shape index (κ3) is 4.75. The Hall–Kier alpha value is -2.50. The molecule has 1 aromatic heterocycles. The Morgan fingerprint density at radius 2 is 1.60 bits per heavy atom. The molecule has 1 aromatic carbocycles. The number of hydrogen-bond acceptors (Lipinski definition) is 5. The van der Waals surface area contributed by atoms with Gasteiger partial charge in [-0.15, -0.1) is 10.2 Å². The summed E-state index contributed by atoms with van der Waals surface area (Å²) in [5.41, 5.74) is 5.74. The summed E-state index contributed by atoms with van der Waals surface area (Å²) in [4.78, 5) is 14.8. The van der Waals surface area contributed by atoms with E-state index in [4.69, 9.17) is 0 Å². The van der Waals surface area contributed by atoms with Crippen LogP contribution in [0.1, 0.15) is 65.3 Å². The first-order chi connectivity index (χ1) is 11.5. The smallest absolute Gasteiger partial charge is 0.274 e. The van der Waals surface area contributed by atoms with E-state index >= 15 is 0 Å². The van der Waals surface area contributed by atoms with Crippen LogP contribution in [0.2, 0.25) is 0 Å². The van der Waals surface area contributed by atoms with Crippen molar-refractivity contribution in [2.45, 2.75) is 59.3 Å². The number of benzene rings is 1. The number of H-pyrrole nitrogens is 1. The first-order valence-electron chi connectivity index (χ1n) is 8.37. The van der Waals surface area contributed by atoms with Crippen LogP contribution >= 0.6 is 0 Å². The standard InChI is InChI=1S/C19H27N5O/c1-12(13-8-10-14(11-9-13)18(2,3)4)21-23-17-20-16(25)15(22-24-17)19(5,6)7/h8-11H,1-7H3,(H2,20,23,24,25)/b21-12-. The highest BCUT2D eigenvalue weighted by molar-refractivity contribution is 5.99. The van der Waals surface area contributed by atoms with Gasteiger partial charge in [0, 0.05) is 5.41 Å². The molecule has 2 rings (SSSR count). The van der Waals surface area contributed by atoms with Crippen molar-refractivity contribution >= 4 is 11.7 Å². The molecule has 134 valence electrons. The average Bonchev–Trinajstić information content (AvgIpc) is 2.50. The van der Waals surface area contributed by atoms with Gasteiger partial charge < -0.3 is 0 Å². The molecule has 0 aliphatic carbocycles. The summed E-state index contributed by atoms with van der Waals surface area (Å²) in [6, 6.07) is 8.29. The molecular weight excluding hydrogens is 314 g/mol. The zero-order chi connectivity index (χ0) is 18.8. The van der Waals surface area contributed by atoms with Crippen molar-refractivity contribution in [1.82, 2.24) is 15.2 Å². The molecule has 0 radical (unpaired) electrons. The molecule has 0 saturated carbocycles. The van der Waals surface area contributed by atoms with Gasteiger partial charge in [0.1, 0.15) is 5.69 Å². The molecule has 6 heteroatoms. The first-order valence-corrected chi connectivity index (χ1v) is 8.37. The van der Waals surface area contributed by atoms with Crippen LogP contribution in [0.25, 0.3) is 0 Å². The van der Waals surface area contributed by atoms with Crippen molar-refractivity contribution in [3.05, 3.63) is 51.4 Å². The van der Waals surface area contributed by atoms with Gasteiger partial charge in [-0.25, -0.2) is 5.43 Å². The van der Waals surface area contributed by atoms with Crippen LogP contribution in [-0.2, 0) is 10.8 Å². The van der Waals surface area contributed by atoms with E-state index in [2.05, 4.69) is 58.6 Å². The number of nitrogens with zero attached hydrogens (tertiary/aromatic N) is 3. The van der Waals surface area contributed by atoms with E-state index in [1.54, 1.807) is 0 Å². The molecule has 0 amide bonds. The molecule has 0 aliphatic heterocycles. The van der Waals surface area contributed by atoms with E-state index < -0.39 is 0 Å². The van der Waals surface area contributed by atoms with Crippen LogP contribution in [0.3, 0.4) is 0 Å². The lowest BCUT2D eigenvalue weighted by atomic mass is 9.86. The van der Waals surface area contributed by atoms with Crippen LogP contribution in [0.15, 0.2) is 34.2 Å². The fraction of sp³-hybridized carbons (Fsp3) is 0.474. The minimum atomic E-state index is -0.354. The second-order valence-electron chi connectivity index (χ2n) is 8.24. The molecule has 0 spiro atoms. The topological polar surface area (TPSA) is 83.0 Å². The summed E-state index contributed by atoms with van der Waals surface area (Å²) in [5, 5.41) is 12.3. The summed E-state index contributed by atoms with van der Waals surface area (Å²) in [6.07, 6.45) is 0.